The highest BCUT2D eigenvalue weighted by Crippen LogP contribution is 2.12. The van der Waals surface area contributed by atoms with Gasteiger partial charge in [-0.25, -0.2) is 13.6 Å². The van der Waals surface area contributed by atoms with Crippen molar-refractivity contribution in [3.63, 3.8) is 0 Å². The summed E-state index contributed by atoms with van der Waals surface area (Å²) in [4.78, 5) is 7.87. The van der Waals surface area contributed by atoms with Crippen molar-refractivity contribution >= 4 is 21.1 Å². The molecule has 2 aromatic heterocycles. The van der Waals surface area contributed by atoms with Crippen molar-refractivity contribution in [2.24, 2.45) is 5.14 Å². The van der Waals surface area contributed by atoms with Crippen LogP contribution in [0.25, 0.3) is 11.0 Å². The van der Waals surface area contributed by atoms with Gasteiger partial charge < -0.3 is 0 Å². The molecular weight excluding hydrogens is 202 g/mol. The zero-order valence-electron chi connectivity index (χ0n) is 7.08. The largest absolute Gasteiger partial charge is 0.255 e. The number of nitrogens with zero attached hydrogens (tertiary/aromatic N) is 2. The van der Waals surface area contributed by atoms with Gasteiger partial charge in [0.15, 0.2) is 0 Å². The predicted molar refractivity (Wildman–Crippen MR) is 50.9 cm³/mol. The van der Waals surface area contributed by atoms with Crippen molar-refractivity contribution in [3.05, 3.63) is 30.6 Å². The summed E-state index contributed by atoms with van der Waals surface area (Å²) in [6, 6.07) is 4.87. The number of aromatic nitrogens is 2. The molecule has 0 aromatic carbocycles. The average molecular weight is 209 g/mol. The zero-order valence-corrected chi connectivity index (χ0v) is 7.90. The Morgan fingerprint density at radius 2 is 2.00 bits per heavy atom. The maximum atomic E-state index is 11.0. The van der Waals surface area contributed by atoms with Gasteiger partial charge in [-0.1, -0.05) is 0 Å². The molecule has 0 spiro atoms. The van der Waals surface area contributed by atoms with Gasteiger partial charge in [-0.15, -0.1) is 0 Å². The second kappa shape index (κ2) is 3.00. The van der Waals surface area contributed by atoms with Crippen LogP contribution in [0.15, 0.2) is 35.5 Å². The monoisotopic (exact) mass is 209 g/mol. The Morgan fingerprint density at radius 3 is 2.71 bits per heavy atom. The normalized spacial score (nSPS) is 11.8. The molecule has 0 aliphatic carbocycles. The number of nitrogens with two attached hydrogens (primary N) is 1. The van der Waals surface area contributed by atoms with E-state index in [0.29, 0.717) is 11.0 Å². The minimum atomic E-state index is -3.70. The van der Waals surface area contributed by atoms with Gasteiger partial charge in [0.1, 0.15) is 4.90 Å². The molecule has 6 heteroatoms. The number of fused-ring (bicyclic) bond motifs is 1. The smallest absolute Gasteiger partial charge is 0.239 e. The van der Waals surface area contributed by atoms with Crippen LogP contribution in [-0.2, 0) is 10.0 Å². The molecule has 0 aliphatic heterocycles. The first-order chi connectivity index (χ1) is 6.57. The molecular formula is C8H7N3O2S. The van der Waals surface area contributed by atoms with Gasteiger partial charge in [-0.3, -0.25) is 9.97 Å². The Bertz CT molecular complexity index is 580. The van der Waals surface area contributed by atoms with Gasteiger partial charge in [-0.05, 0) is 18.2 Å². The second-order valence-corrected chi connectivity index (χ2v) is 4.32. The first-order valence-corrected chi connectivity index (χ1v) is 5.35. The van der Waals surface area contributed by atoms with E-state index in [-0.39, 0.29) is 4.90 Å². The summed E-state index contributed by atoms with van der Waals surface area (Å²) in [6.07, 6.45) is 2.79. The Morgan fingerprint density at radius 1 is 1.21 bits per heavy atom. The van der Waals surface area contributed by atoms with E-state index in [1.807, 2.05) is 0 Å². The van der Waals surface area contributed by atoms with Crippen LogP contribution in [0.5, 0.6) is 0 Å². The second-order valence-electron chi connectivity index (χ2n) is 2.76. The predicted octanol–water partition coefficient (Wildman–Crippen LogP) is 0.277. The lowest BCUT2D eigenvalue weighted by Gasteiger charge is -1.98. The maximum absolute atomic E-state index is 11.0. The fourth-order valence-electron chi connectivity index (χ4n) is 1.09. The Balaban J connectivity index is 2.75. The van der Waals surface area contributed by atoms with Gasteiger partial charge in [0.25, 0.3) is 0 Å². The van der Waals surface area contributed by atoms with E-state index in [2.05, 4.69) is 9.97 Å². The molecule has 0 fully saturated rings. The van der Waals surface area contributed by atoms with Crippen LogP contribution in [0.1, 0.15) is 0 Å². The SMILES string of the molecule is NS(=O)(=O)c1cnc2cccnc2c1. The minimum absolute atomic E-state index is 0.0244. The summed E-state index contributed by atoms with van der Waals surface area (Å²) in [5.41, 5.74) is 1.15. The molecule has 0 bridgehead atoms. The van der Waals surface area contributed by atoms with Gasteiger partial charge in [-0.2, -0.15) is 0 Å². The molecule has 0 atom stereocenters. The average Bonchev–Trinajstić information content (AvgIpc) is 2.16. The molecule has 72 valence electrons. The maximum Gasteiger partial charge on any atom is 0.239 e. The van der Waals surface area contributed by atoms with Crippen molar-refractivity contribution in [3.8, 4) is 0 Å². The summed E-state index contributed by atoms with van der Waals surface area (Å²) in [5.74, 6) is 0. The summed E-state index contributed by atoms with van der Waals surface area (Å²) >= 11 is 0. The fourth-order valence-corrected chi connectivity index (χ4v) is 1.57. The van der Waals surface area contributed by atoms with Crippen LogP contribution in [0, 0.1) is 0 Å². The molecule has 5 nitrogen and oxygen atoms in total. The molecule has 0 saturated carbocycles. The molecule has 2 heterocycles. The third-order valence-corrected chi connectivity index (χ3v) is 2.63. The highest BCUT2D eigenvalue weighted by molar-refractivity contribution is 7.89. The first-order valence-electron chi connectivity index (χ1n) is 3.81. The van der Waals surface area contributed by atoms with E-state index in [1.165, 1.54) is 12.3 Å². The fraction of sp³-hybridized carbons (Fsp3) is 0. The lowest BCUT2D eigenvalue weighted by atomic mass is 10.3. The van der Waals surface area contributed by atoms with Crippen molar-refractivity contribution in [2.45, 2.75) is 4.90 Å². The lowest BCUT2D eigenvalue weighted by Crippen LogP contribution is -2.12. The molecule has 2 rings (SSSR count). The summed E-state index contributed by atoms with van der Waals surface area (Å²) in [6.45, 7) is 0. The van der Waals surface area contributed by atoms with E-state index in [1.54, 1.807) is 18.3 Å². The van der Waals surface area contributed by atoms with E-state index in [4.69, 9.17) is 5.14 Å². The molecule has 0 aliphatic rings. The molecule has 0 radical (unpaired) electrons. The van der Waals surface area contributed by atoms with E-state index in [9.17, 15) is 8.42 Å². The molecule has 2 aromatic rings. The highest BCUT2D eigenvalue weighted by atomic mass is 32.2. The molecule has 14 heavy (non-hydrogen) atoms. The van der Waals surface area contributed by atoms with Gasteiger partial charge in [0.2, 0.25) is 10.0 Å². The van der Waals surface area contributed by atoms with Crippen LogP contribution >= 0.6 is 0 Å². The van der Waals surface area contributed by atoms with Gasteiger partial charge >= 0.3 is 0 Å². The number of hydrogen-bond donors (Lipinski definition) is 1. The standard InChI is InChI=1S/C8H7N3O2S/c9-14(12,13)6-4-8-7(11-5-6)2-1-3-10-8/h1-5H,(H2,9,12,13). The Hall–Kier alpha value is -1.53. The molecule has 0 unspecified atom stereocenters. The van der Waals surface area contributed by atoms with Gasteiger partial charge in [0.05, 0.1) is 11.0 Å². The van der Waals surface area contributed by atoms with Crippen molar-refractivity contribution in [2.75, 3.05) is 0 Å². The zero-order chi connectivity index (χ0) is 10.2. The van der Waals surface area contributed by atoms with Crippen molar-refractivity contribution < 1.29 is 8.42 Å². The van der Waals surface area contributed by atoms with E-state index < -0.39 is 10.0 Å². The van der Waals surface area contributed by atoms with Crippen molar-refractivity contribution in [1.82, 2.24) is 9.97 Å². The van der Waals surface area contributed by atoms with E-state index in [0.717, 1.165) is 0 Å². The number of rotatable bonds is 1. The van der Waals surface area contributed by atoms with Crippen LogP contribution in [0.3, 0.4) is 0 Å². The third kappa shape index (κ3) is 1.57. The third-order valence-electron chi connectivity index (χ3n) is 1.75. The number of pyridine rings is 2. The van der Waals surface area contributed by atoms with Crippen LogP contribution in [-0.4, -0.2) is 18.4 Å². The Kier molecular flexibility index (Phi) is 1.94. The minimum Gasteiger partial charge on any atom is -0.255 e. The number of primary sulfonamides is 1. The molecule has 0 amide bonds. The highest BCUT2D eigenvalue weighted by Gasteiger charge is 2.08. The number of sulfonamides is 1. The van der Waals surface area contributed by atoms with Crippen LogP contribution in [0.2, 0.25) is 0 Å². The molecule has 0 saturated heterocycles. The quantitative estimate of drug-likeness (QED) is 0.730. The van der Waals surface area contributed by atoms with Gasteiger partial charge in [0, 0.05) is 12.4 Å². The topological polar surface area (TPSA) is 85.9 Å². The van der Waals surface area contributed by atoms with Crippen molar-refractivity contribution in [1.29, 1.82) is 0 Å². The first kappa shape index (κ1) is 9.04. The van der Waals surface area contributed by atoms with E-state index >= 15 is 0 Å². The summed E-state index contributed by atoms with van der Waals surface area (Å²) in [7, 11) is -3.70. The molecule has 2 N–H and O–H groups in total. The summed E-state index contributed by atoms with van der Waals surface area (Å²) in [5, 5.41) is 4.95. The lowest BCUT2D eigenvalue weighted by molar-refractivity contribution is 0.597. The summed E-state index contributed by atoms with van der Waals surface area (Å²) < 4.78 is 22.0. The Labute approximate surface area is 80.7 Å². The number of hydrogen-bond acceptors (Lipinski definition) is 4. The van der Waals surface area contributed by atoms with Crippen LogP contribution < -0.4 is 5.14 Å². The van der Waals surface area contributed by atoms with Crippen LogP contribution in [0.4, 0.5) is 0 Å².